The first-order chi connectivity index (χ1) is 5.33. The highest BCUT2D eigenvalue weighted by Gasteiger charge is 1.97. The highest BCUT2D eigenvalue weighted by atomic mass is 16.1. The average Bonchev–Trinajstić information content (AvgIpc) is 2.06. The lowest BCUT2D eigenvalue weighted by Gasteiger charge is -1.98. The van der Waals surface area contributed by atoms with Crippen LogP contribution in [0, 0.1) is 0 Å². The van der Waals surface area contributed by atoms with E-state index in [0.717, 1.165) is 0 Å². The summed E-state index contributed by atoms with van der Waals surface area (Å²) in [6, 6.07) is 3.32. The van der Waals surface area contributed by atoms with Crippen molar-refractivity contribution >= 4 is 11.7 Å². The van der Waals surface area contributed by atoms with Crippen molar-refractivity contribution in [2.24, 2.45) is 5.73 Å². The van der Waals surface area contributed by atoms with Gasteiger partial charge in [-0.1, -0.05) is 0 Å². The maximum Gasteiger partial charge on any atom is 0.239 e. The highest BCUT2D eigenvalue weighted by molar-refractivity contribution is 5.90. The Balaban J connectivity index is 2.58. The maximum atomic E-state index is 10.7. The first-order valence-corrected chi connectivity index (χ1v) is 3.10. The van der Waals surface area contributed by atoms with Gasteiger partial charge in [0.05, 0.1) is 6.54 Å². The molecule has 0 aromatic carbocycles. The summed E-state index contributed by atoms with van der Waals surface area (Å²) in [5, 5.41) is 9.65. The van der Waals surface area contributed by atoms with Gasteiger partial charge < -0.3 is 11.1 Å². The first-order valence-electron chi connectivity index (χ1n) is 3.10. The minimum Gasteiger partial charge on any atom is -0.322 e. The van der Waals surface area contributed by atoms with Gasteiger partial charge >= 0.3 is 0 Å². The zero-order valence-corrected chi connectivity index (χ0v) is 5.82. The number of aromatic nitrogens is 2. The Morgan fingerprint density at radius 3 is 3.09 bits per heavy atom. The number of nitrogens with zero attached hydrogens (tertiary/aromatic N) is 2. The third-order valence-corrected chi connectivity index (χ3v) is 1.03. The molecule has 0 radical (unpaired) electrons. The molecule has 0 atom stereocenters. The minimum atomic E-state index is -0.273. The summed E-state index contributed by atoms with van der Waals surface area (Å²) in [5.41, 5.74) is 5.06. The van der Waals surface area contributed by atoms with E-state index >= 15 is 0 Å². The molecule has 1 aromatic heterocycles. The Bertz CT molecular complexity index is 236. The average molecular weight is 152 g/mol. The second kappa shape index (κ2) is 3.62. The predicted octanol–water partition coefficient (Wildman–Crippen LogP) is -0.626. The van der Waals surface area contributed by atoms with Crippen molar-refractivity contribution in [3.05, 3.63) is 18.3 Å². The Morgan fingerprint density at radius 1 is 1.73 bits per heavy atom. The molecule has 1 aromatic rings. The number of rotatable bonds is 2. The van der Waals surface area contributed by atoms with Gasteiger partial charge in [0.25, 0.3) is 0 Å². The van der Waals surface area contributed by atoms with Crippen molar-refractivity contribution in [3.8, 4) is 0 Å². The second-order valence-electron chi connectivity index (χ2n) is 1.86. The Hall–Kier alpha value is -1.49. The molecule has 1 amide bonds. The summed E-state index contributed by atoms with van der Waals surface area (Å²) in [7, 11) is 0. The molecular formula is C6H8N4O. The summed E-state index contributed by atoms with van der Waals surface area (Å²) in [6.07, 6.45) is 1.53. The lowest BCUT2D eigenvalue weighted by Crippen LogP contribution is -2.22. The normalized spacial score (nSPS) is 9.18. The summed E-state index contributed by atoms with van der Waals surface area (Å²) in [6.45, 7) is -0.0451. The largest absolute Gasteiger partial charge is 0.322 e. The maximum absolute atomic E-state index is 10.7. The molecule has 11 heavy (non-hydrogen) atoms. The molecule has 0 aliphatic heterocycles. The van der Waals surface area contributed by atoms with Crippen molar-refractivity contribution in [1.29, 1.82) is 0 Å². The standard InChI is InChI=1S/C6H8N4O/c7-4-6(11)9-5-2-1-3-8-10-5/h1-3H,4,7H2,(H,9,10,11). The molecule has 0 bridgehead atoms. The van der Waals surface area contributed by atoms with Crippen LogP contribution in [0.2, 0.25) is 0 Å². The molecule has 0 fully saturated rings. The van der Waals surface area contributed by atoms with Crippen LogP contribution in [0.4, 0.5) is 5.82 Å². The molecule has 0 saturated carbocycles. The van der Waals surface area contributed by atoms with E-state index in [-0.39, 0.29) is 12.5 Å². The molecule has 0 aliphatic rings. The molecule has 0 unspecified atom stereocenters. The molecule has 0 saturated heterocycles. The SMILES string of the molecule is NCC(=O)Nc1cccnn1. The van der Waals surface area contributed by atoms with Gasteiger partial charge in [-0.15, -0.1) is 5.10 Å². The molecule has 58 valence electrons. The number of amides is 1. The molecule has 5 nitrogen and oxygen atoms in total. The quantitative estimate of drug-likeness (QED) is 0.591. The van der Waals surface area contributed by atoms with Crippen molar-refractivity contribution in [2.75, 3.05) is 11.9 Å². The van der Waals surface area contributed by atoms with E-state index < -0.39 is 0 Å². The van der Waals surface area contributed by atoms with Crippen LogP contribution in [0.1, 0.15) is 0 Å². The van der Waals surface area contributed by atoms with E-state index in [1.807, 2.05) is 0 Å². The monoisotopic (exact) mass is 152 g/mol. The fraction of sp³-hybridized carbons (Fsp3) is 0.167. The van der Waals surface area contributed by atoms with Crippen molar-refractivity contribution in [1.82, 2.24) is 10.2 Å². The van der Waals surface area contributed by atoms with Gasteiger partial charge in [0, 0.05) is 6.20 Å². The summed E-state index contributed by atoms with van der Waals surface area (Å²) < 4.78 is 0. The number of carbonyl (C=O) groups is 1. The zero-order valence-electron chi connectivity index (χ0n) is 5.82. The number of nitrogens with one attached hydrogen (secondary N) is 1. The van der Waals surface area contributed by atoms with Gasteiger partial charge in [0.2, 0.25) is 5.91 Å². The van der Waals surface area contributed by atoms with Gasteiger partial charge in [-0.05, 0) is 12.1 Å². The van der Waals surface area contributed by atoms with Crippen LogP contribution in [0.15, 0.2) is 18.3 Å². The molecule has 3 N–H and O–H groups in total. The van der Waals surface area contributed by atoms with Crippen LogP contribution in [0.3, 0.4) is 0 Å². The highest BCUT2D eigenvalue weighted by Crippen LogP contribution is 1.95. The van der Waals surface area contributed by atoms with Crippen LogP contribution in [-0.4, -0.2) is 22.6 Å². The van der Waals surface area contributed by atoms with Crippen molar-refractivity contribution in [3.63, 3.8) is 0 Å². The number of carbonyl (C=O) groups excluding carboxylic acids is 1. The zero-order chi connectivity index (χ0) is 8.10. The van der Waals surface area contributed by atoms with E-state index in [2.05, 4.69) is 15.5 Å². The summed E-state index contributed by atoms with van der Waals surface area (Å²) >= 11 is 0. The van der Waals surface area contributed by atoms with Gasteiger partial charge in [-0.2, -0.15) is 5.10 Å². The molecular weight excluding hydrogens is 144 g/mol. The lowest BCUT2D eigenvalue weighted by molar-refractivity contribution is -0.114. The summed E-state index contributed by atoms with van der Waals surface area (Å²) in [5.74, 6) is 0.147. The molecule has 5 heteroatoms. The molecule has 0 aliphatic carbocycles. The Labute approximate surface area is 63.6 Å². The smallest absolute Gasteiger partial charge is 0.239 e. The van der Waals surface area contributed by atoms with Crippen LogP contribution in [0.5, 0.6) is 0 Å². The number of anilines is 1. The fourth-order valence-corrected chi connectivity index (χ4v) is 0.562. The van der Waals surface area contributed by atoms with Crippen LogP contribution < -0.4 is 11.1 Å². The van der Waals surface area contributed by atoms with E-state index in [9.17, 15) is 4.79 Å². The number of nitrogens with two attached hydrogens (primary N) is 1. The number of hydrogen-bond donors (Lipinski definition) is 2. The second-order valence-corrected chi connectivity index (χ2v) is 1.86. The third-order valence-electron chi connectivity index (χ3n) is 1.03. The molecule has 1 heterocycles. The van der Waals surface area contributed by atoms with Gasteiger partial charge in [0.1, 0.15) is 0 Å². The van der Waals surface area contributed by atoms with Crippen molar-refractivity contribution < 1.29 is 4.79 Å². The summed E-state index contributed by atoms with van der Waals surface area (Å²) in [4.78, 5) is 10.7. The van der Waals surface area contributed by atoms with E-state index in [1.165, 1.54) is 6.20 Å². The first kappa shape index (κ1) is 7.62. The van der Waals surface area contributed by atoms with Crippen LogP contribution in [0.25, 0.3) is 0 Å². The van der Waals surface area contributed by atoms with Crippen LogP contribution >= 0.6 is 0 Å². The lowest BCUT2D eigenvalue weighted by atomic mass is 10.5. The Morgan fingerprint density at radius 2 is 2.55 bits per heavy atom. The van der Waals surface area contributed by atoms with E-state index in [1.54, 1.807) is 12.1 Å². The van der Waals surface area contributed by atoms with E-state index in [0.29, 0.717) is 5.82 Å². The molecule has 0 spiro atoms. The van der Waals surface area contributed by atoms with E-state index in [4.69, 9.17) is 5.73 Å². The topological polar surface area (TPSA) is 80.9 Å². The molecule has 1 rings (SSSR count). The van der Waals surface area contributed by atoms with Gasteiger partial charge in [-0.3, -0.25) is 4.79 Å². The van der Waals surface area contributed by atoms with Gasteiger partial charge in [0.15, 0.2) is 5.82 Å². The third kappa shape index (κ3) is 2.30. The van der Waals surface area contributed by atoms with Gasteiger partial charge in [-0.25, -0.2) is 0 Å². The number of hydrogen-bond acceptors (Lipinski definition) is 4. The van der Waals surface area contributed by atoms with Crippen molar-refractivity contribution in [2.45, 2.75) is 0 Å². The predicted molar refractivity (Wildman–Crippen MR) is 39.7 cm³/mol. The Kier molecular flexibility index (Phi) is 2.51. The van der Waals surface area contributed by atoms with Crippen LogP contribution in [-0.2, 0) is 4.79 Å². The minimum absolute atomic E-state index is 0.0451. The fourth-order valence-electron chi connectivity index (χ4n) is 0.562.